The van der Waals surface area contributed by atoms with E-state index in [0.29, 0.717) is 11.5 Å². The van der Waals surface area contributed by atoms with Crippen LogP contribution in [0.25, 0.3) is 0 Å². The number of rotatable bonds is 7. The van der Waals surface area contributed by atoms with Gasteiger partial charge in [0.05, 0.1) is 16.3 Å². The molecule has 0 aliphatic rings. The maximum absolute atomic E-state index is 13.3. The summed E-state index contributed by atoms with van der Waals surface area (Å²) in [5.74, 6) is 0.287. The van der Waals surface area contributed by atoms with E-state index in [2.05, 4.69) is 10.4 Å². The average Bonchev–Trinajstić information content (AvgIpc) is 3.00. The summed E-state index contributed by atoms with van der Waals surface area (Å²) in [6, 6.07) is 15.7. The minimum Gasteiger partial charge on any atom is -0.311 e. The van der Waals surface area contributed by atoms with Crippen molar-refractivity contribution in [2.24, 2.45) is 7.05 Å². The highest BCUT2D eigenvalue weighted by Gasteiger charge is 2.25. The first-order valence-electron chi connectivity index (χ1n) is 9.63. The van der Waals surface area contributed by atoms with Gasteiger partial charge in [-0.1, -0.05) is 35.4 Å². The Morgan fingerprint density at radius 3 is 2.10 bits per heavy atom. The van der Waals surface area contributed by atoms with Crippen LogP contribution < -0.4 is 9.62 Å². The number of aromatic nitrogens is 2. The molecule has 0 fully saturated rings. The molecule has 0 saturated carbocycles. The molecule has 7 nitrogen and oxygen atoms in total. The Balaban J connectivity index is 1.84. The van der Waals surface area contributed by atoms with E-state index in [0.717, 1.165) is 16.8 Å². The summed E-state index contributed by atoms with van der Waals surface area (Å²) >= 11 is 0. The monoisotopic (exact) mass is 426 g/mol. The summed E-state index contributed by atoms with van der Waals surface area (Å²) in [6.07, 6.45) is 0.00317. The molecular formula is C22H26N4O3S. The molecule has 0 radical (unpaired) electrons. The van der Waals surface area contributed by atoms with Crippen molar-refractivity contribution in [1.29, 1.82) is 0 Å². The van der Waals surface area contributed by atoms with Crippen LogP contribution in [0.4, 0.5) is 11.5 Å². The molecule has 0 spiro atoms. The number of hydrogen-bond acceptors (Lipinski definition) is 4. The van der Waals surface area contributed by atoms with Gasteiger partial charge >= 0.3 is 0 Å². The highest BCUT2D eigenvalue weighted by molar-refractivity contribution is 7.92. The second-order valence-corrected chi connectivity index (χ2v) is 9.18. The van der Waals surface area contributed by atoms with E-state index in [4.69, 9.17) is 0 Å². The number of benzene rings is 2. The standard InChI is InChI=1S/C22H26N4O3S/c1-16-5-9-19(10-6-16)26(30(28,29)20-11-7-17(2)8-12-20)14-13-22(27)23-21-15-18(3)24-25(21)4/h5-12,15H,13-14H2,1-4H3,(H,23,27). The Morgan fingerprint density at radius 2 is 1.57 bits per heavy atom. The first-order valence-corrected chi connectivity index (χ1v) is 11.1. The molecule has 8 heteroatoms. The van der Waals surface area contributed by atoms with Crippen LogP contribution >= 0.6 is 0 Å². The Labute approximate surface area is 177 Å². The molecule has 30 heavy (non-hydrogen) atoms. The lowest BCUT2D eigenvalue weighted by molar-refractivity contribution is -0.116. The van der Waals surface area contributed by atoms with Crippen molar-refractivity contribution in [2.75, 3.05) is 16.2 Å². The number of anilines is 2. The number of carbonyl (C=O) groups is 1. The zero-order chi connectivity index (χ0) is 21.9. The highest BCUT2D eigenvalue weighted by atomic mass is 32.2. The molecule has 0 unspecified atom stereocenters. The van der Waals surface area contributed by atoms with Crippen LogP contribution in [0.3, 0.4) is 0 Å². The molecule has 158 valence electrons. The summed E-state index contributed by atoms with van der Waals surface area (Å²) in [5.41, 5.74) is 3.30. The van der Waals surface area contributed by atoms with Crippen LogP contribution in [0.5, 0.6) is 0 Å². The van der Waals surface area contributed by atoms with Crippen molar-refractivity contribution in [3.63, 3.8) is 0 Å². The first-order chi connectivity index (χ1) is 14.2. The Morgan fingerprint density at radius 1 is 1.00 bits per heavy atom. The van der Waals surface area contributed by atoms with E-state index in [1.54, 1.807) is 54.2 Å². The molecule has 1 N–H and O–H groups in total. The van der Waals surface area contributed by atoms with Gasteiger partial charge in [-0.05, 0) is 45.0 Å². The van der Waals surface area contributed by atoms with Gasteiger partial charge in [0.25, 0.3) is 10.0 Å². The topological polar surface area (TPSA) is 84.3 Å². The van der Waals surface area contributed by atoms with Gasteiger partial charge in [-0.15, -0.1) is 0 Å². The van der Waals surface area contributed by atoms with E-state index in [1.807, 2.05) is 32.9 Å². The lowest BCUT2D eigenvalue weighted by atomic mass is 10.2. The van der Waals surface area contributed by atoms with Crippen LogP contribution in [-0.2, 0) is 21.9 Å². The second-order valence-electron chi connectivity index (χ2n) is 7.32. The number of amides is 1. The molecule has 1 amide bonds. The SMILES string of the molecule is Cc1ccc(N(CCC(=O)Nc2cc(C)nn2C)S(=O)(=O)c2ccc(C)cc2)cc1. The van der Waals surface area contributed by atoms with Crippen molar-refractivity contribution >= 4 is 27.4 Å². The number of nitrogens with zero attached hydrogens (tertiary/aromatic N) is 3. The summed E-state index contributed by atoms with van der Waals surface area (Å²) in [5, 5.41) is 6.98. The van der Waals surface area contributed by atoms with Gasteiger partial charge in [-0.2, -0.15) is 5.10 Å². The lowest BCUT2D eigenvalue weighted by Crippen LogP contribution is -2.34. The van der Waals surface area contributed by atoms with Gasteiger partial charge in [-0.25, -0.2) is 8.42 Å². The van der Waals surface area contributed by atoms with Crippen molar-refractivity contribution < 1.29 is 13.2 Å². The molecule has 0 saturated heterocycles. The lowest BCUT2D eigenvalue weighted by Gasteiger charge is -2.24. The van der Waals surface area contributed by atoms with Crippen molar-refractivity contribution in [3.05, 3.63) is 71.4 Å². The second kappa shape index (κ2) is 8.71. The maximum atomic E-state index is 13.3. The third-order valence-corrected chi connectivity index (χ3v) is 6.58. The molecule has 3 rings (SSSR count). The smallest absolute Gasteiger partial charge is 0.264 e. The van der Waals surface area contributed by atoms with Gasteiger partial charge in [-0.3, -0.25) is 13.8 Å². The number of aryl methyl sites for hydroxylation is 4. The quantitative estimate of drug-likeness (QED) is 0.626. The number of carbonyl (C=O) groups excluding carboxylic acids is 1. The first kappa shape index (κ1) is 21.6. The van der Waals surface area contributed by atoms with Crippen LogP contribution in [-0.4, -0.2) is 30.7 Å². The molecule has 3 aromatic rings. The van der Waals surface area contributed by atoms with Crippen LogP contribution in [0.15, 0.2) is 59.5 Å². The third kappa shape index (κ3) is 4.88. The Hall–Kier alpha value is -3.13. The number of sulfonamides is 1. The van der Waals surface area contributed by atoms with Gasteiger partial charge in [0.1, 0.15) is 5.82 Å². The zero-order valence-corrected chi connectivity index (χ0v) is 18.4. The van der Waals surface area contributed by atoms with Crippen molar-refractivity contribution in [1.82, 2.24) is 9.78 Å². The van der Waals surface area contributed by atoms with Gasteiger partial charge in [0.2, 0.25) is 5.91 Å². The maximum Gasteiger partial charge on any atom is 0.264 e. The predicted octanol–water partition coefficient (Wildman–Crippen LogP) is 3.57. The van der Waals surface area contributed by atoms with Crippen LogP contribution in [0, 0.1) is 20.8 Å². The third-order valence-electron chi connectivity index (χ3n) is 4.74. The van der Waals surface area contributed by atoms with Gasteiger partial charge in [0.15, 0.2) is 0 Å². The fraction of sp³-hybridized carbons (Fsp3) is 0.273. The minimum atomic E-state index is -3.82. The summed E-state index contributed by atoms with van der Waals surface area (Å²) in [4.78, 5) is 12.7. The van der Waals surface area contributed by atoms with Gasteiger partial charge < -0.3 is 5.32 Å². The summed E-state index contributed by atoms with van der Waals surface area (Å²) < 4.78 is 29.5. The summed E-state index contributed by atoms with van der Waals surface area (Å²) in [7, 11) is -2.08. The van der Waals surface area contributed by atoms with Crippen LogP contribution in [0.1, 0.15) is 23.2 Å². The van der Waals surface area contributed by atoms with E-state index >= 15 is 0 Å². The molecule has 1 heterocycles. The molecular weight excluding hydrogens is 400 g/mol. The molecule has 1 aromatic heterocycles. The van der Waals surface area contributed by atoms with Crippen molar-refractivity contribution in [2.45, 2.75) is 32.1 Å². The Bertz CT molecular complexity index is 1130. The molecule has 0 atom stereocenters. The zero-order valence-electron chi connectivity index (χ0n) is 17.6. The highest BCUT2D eigenvalue weighted by Crippen LogP contribution is 2.25. The largest absolute Gasteiger partial charge is 0.311 e. The molecule has 0 aliphatic heterocycles. The molecule has 0 bridgehead atoms. The number of nitrogens with one attached hydrogen (secondary N) is 1. The fourth-order valence-electron chi connectivity index (χ4n) is 3.07. The molecule has 0 aliphatic carbocycles. The van der Waals surface area contributed by atoms with Gasteiger partial charge in [0, 0.05) is 26.1 Å². The Kier molecular flexibility index (Phi) is 6.26. The average molecular weight is 427 g/mol. The minimum absolute atomic E-state index is 0.00317. The van der Waals surface area contributed by atoms with E-state index < -0.39 is 10.0 Å². The molecule has 2 aromatic carbocycles. The summed E-state index contributed by atoms with van der Waals surface area (Å²) in [6.45, 7) is 5.69. The van der Waals surface area contributed by atoms with Crippen LogP contribution in [0.2, 0.25) is 0 Å². The van der Waals surface area contributed by atoms with E-state index in [9.17, 15) is 13.2 Å². The normalized spacial score (nSPS) is 11.3. The number of hydrogen-bond donors (Lipinski definition) is 1. The fourth-order valence-corrected chi connectivity index (χ4v) is 4.54. The van der Waals surface area contributed by atoms with Crippen molar-refractivity contribution in [3.8, 4) is 0 Å². The van der Waals surface area contributed by atoms with E-state index in [1.165, 1.54) is 4.31 Å². The predicted molar refractivity (Wildman–Crippen MR) is 118 cm³/mol. The van der Waals surface area contributed by atoms with E-state index in [-0.39, 0.29) is 23.8 Å².